The van der Waals surface area contributed by atoms with Crippen LogP contribution in [0.5, 0.6) is 0 Å². The van der Waals surface area contributed by atoms with Crippen LogP contribution in [0.1, 0.15) is 36.5 Å². The van der Waals surface area contributed by atoms with Gasteiger partial charge in [-0.1, -0.05) is 13.3 Å². The van der Waals surface area contributed by atoms with Gasteiger partial charge in [-0.3, -0.25) is 9.78 Å². The summed E-state index contributed by atoms with van der Waals surface area (Å²) in [6.45, 7) is 2.12. The van der Waals surface area contributed by atoms with Crippen LogP contribution in [-0.4, -0.2) is 27.9 Å². The highest BCUT2D eigenvalue weighted by Gasteiger charge is 2.29. The summed E-state index contributed by atoms with van der Waals surface area (Å²) in [5.41, 5.74) is 0.0807. The molecule has 0 aliphatic heterocycles. The van der Waals surface area contributed by atoms with E-state index in [1.165, 1.54) is 12.3 Å². The molecule has 1 amide bonds. The number of rotatable bonds is 4. The molecule has 1 N–H and O–H groups in total. The molecule has 18 heavy (non-hydrogen) atoms. The number of amides is 1. The van der Waals surface area contributed by atoms with Gasteiger partial charge in [0.05, 0.1) is 11.8 Å². The molecular formula is C13H17FN2OS. The zero-order chi connectivity index (χ0) is 13.0. The van der Waals surface area contributed by atoms with E-state index >= 15 is 0 Å². The van der Waals surface area contributed by atoms with Crippen molar-refractivity contribution >= 4 is 17.7 Å². The maximum Gasteiger partial charge on any atom is 0.254 e. The number of halogens is 1. The predicted octanol–water partition coefficient (Wildman–Crippen LogP) is 2.62. The van der Waals surface area contributed by atoms with E-state index in [-0.39, 0.29) is 17.5 Å². The van der Waals surface area contributed by atoms with Crippen LogP contribution >= 0.6 is 11.8 Å². The molecule has 0 bridgehead atoms. The molecule has 1 saturated carbocycles. The number of nitrogens with one attached hydrogen (secondary N) is 1. The third-order valence-corrected chi connectivity index (χ3v) is 4.49. The zero-order valence-electron chi connectivity index (χ0n) is 10.4. The van der Waals surface area contributed by atoms with Gasteiger partial charge in [0.15, 0.2) is 5.82 Å². The van der Waals surface area contributed by atoms with Gasteiger partial charge in [0.25, 0.3) is 5.91 Å². The molecule has 0 saturated heterocycles. The predicted molar refractivity (Wildman–Crippen MR) is 71.2 cm³/mol. The number of hydrogen-bond donors (Lipinski definition) is 1. The van der Waals surface area contributed by atoms with Crippen molar-refractivity contribution in [3.8, 4) is 0 Å². The SMILES string of the molecule is CCSC1CCCC1NC(=O)c1ccncc1F. The fraction of sp³-hybridized carbons (Fsp3) is 0.538. The summed E-state index contributed by atoms with van der Waals surface area (Å²) >= 11 is 1.87. The summed E-state index contributed by atoms with van der Waals surface area (Å²) in [6.07, 6.45) is 5.74. The van der Waals surface area contributed by atoms with Crippen molar-refractivity contribution in [2.75, 3.05) is 5.75 Å². The maximum atomic E-state index is 13.4. The summed E-state index contributed by atoms with van der Waals surface area (Å²) in [4.78, 5) is 15.6. The second-order valence-electron chi connectivity index (χ2n) is 4.36. The first-order chi connectivity index (χ1) is 8.72. The van der Waals surface area contributed by atoms with Gasteiger partial charge >= 0.3 is 0 Å². The summed E-state index contributed by atoms with van der Waals surface area (Å²) in [5.74, 6) is 0.150. The van der Waals surface area contributed by atoms with E-state index in [2.05, 4.69) is 17.2 Å². The second kappa shape index (κ2) is 6.18. The van der Waals surface area contributed by atoms with Crippen molar-refractivity contribution < 1.29 is 9.18 Å². The molecule has 1 aliphatic carbocycles. The topological polar surface area (TPSA) is 42.0 Å². The number of carbonyl (C=O) groups is 1. The lowest BCUT2D eigenvalue weighted by atomic mass is 10.2. The van der Waals surface area contributed by atoms with Crippen molar-refractivity contribution in [1.82, 2.24) is 10.3 Å². The van der Waals surface area contributed by atoms with Gasteiger partial charge in [-0.2, -0.15) is 11.8 Å². The first-order valence-corrected chi connectivity index (χ1v) is 7.29. The van der Waals surface area contributed by atoms with Crippen molar-refractivity contribution in [2.45, 2.75) is 37.5 Å². The van der Waals surface area contributed by atoms with Crippen LogP contribution in [0.4, 0.5) is 4.39 Å². The Morgan fingerprint density at radius 1 is 1.61 bits per heavy atom. The Labute approximate surface area is 111 Å². The molecule has 1 aromatic heterocycles. The number of thioether (sulfide) groups is 1. The summed E-state index contributed by atoms with van der Waals surface area (Å²) in [6, 6.07) is 1.58. The number of hydrogen-bond acceptors (Lipinski definition) is 3. The standard InChI is InChI=1S/C13H17FN2OS/c1-2-18-12-5-3-4-11(12)16-13(17)9-6-7-15-8-10(9)14/h6-8,11-12H,2-5H2,1H3,(H,16,17). The largest absolute Gasteiger partial charge is 0.348 e. The Bertz CT molecular complexity index is 427. The van der Waals surface area contributed by atoms with E-state index in [0.717, 1.165) is 31.2 Å². The Morgan fingerprint density at radius 3 is 3.17 bits per heavy atom. The van der Waals surface area contributed by atoms with E-state index < -0.39 is 5.82 Å². The highest BCUT2D eigenvalue weighted by Crippen LogP contribution is 2.30. The number of aromatic nitrogens is 1. The Morgan fingerprint density at radius 2 is 2.44 bits per heavy atom. The minimum Gasteiger partial charge on any atom is -0.348 e. The molecule has 5 heteroatoms. The van der Waals surface area contributed by atoms with E-state index in [4.69, 9.17) is 0 Å². The molecule has 1 heterocycles. The van der Waals surface area contributed by atoms with Crippen molar-refractivity contribution in [3.05, 3.63) is 29.8 Å². The van der Waals surface area contributed by atoms with Gasteiger partial charge < -0.3 is 5.32 Å². The van der Waals surface area contributed by atoms with E-state index in [1.807, 2.05) is 11.8 Å². The highest BCUT2D eigenvalue weighted by molar-refractivity contribution is 7.99. The Balaban J connectivity index is 2.01. The van der Waals surface area contributed by atoms with Gasteiger partial charge in [-0.15, -0.1) is 0 Å². The second-order valence-corrected chi connectivity index (χ2v) is 5.88. The smallest absolute Gasteiger partial charge is 0.254 e. The molecule has 1 fully saturated rings. The molecule has 0 spiro atoms. The number of pyridine rings is 1. The lowest BCUT2D eigenvalue weighted by Gasteiger charge is -2.20. The van der Waals surface area contributed by atoms with Crippen LogP contribution in [0.25, 0.3) is 0 Å². The molecule has 2 unspecified atom stereocenters. The van der Waals surface area contributed by atoms with E-state index in [0.29, 0.717) is 5.25 Å². The van der Waals surface area contributed by atoms with Crippen molar-refractivity contribution in [3.63, 3.8) is 0 Å². The Kier molecular flexibility index (Phi) is 4.58. The Hall–Kier alpha value is -1.10. The average Bonchev–Trinajstić information content (AvgIpc) is 2.78. The number of carbonyl (C=O) groups excluding carboxylic acids is 1. The fourth-order valence-electron chi connectivity index (χ4n) is 2.31. The molecule has 0 radical (unpaired) electrons. The van der Waals surface area contributed by atoms with Gasteiger partial charge in [-0.25, -0.2) is 4.39 Å². The van der Waals surface area contributed by atoms with Crippen LogP contribution in [0.2, 0.25) is 0 Å². The number of nitrogens with zero attached hydrogens (tertiary/aromatic N) is 1. The minimum absolute atomic E-state index is 0.0807. The minimum atomic E-state index is -0.562. The molecule has 2 rings (SSSR count). The average molecular weight is 268 g/mol. The van der Waals surface area contributed by atoms with Crippen LogP contribution in [-0.2, 0) is 0 Å². The quantitative estimate of drug-likeness (QED) is 0.912. The normalized spacial score (nSPS) is 23.0. The van der Waals surface area contributed by atoms with Crippen molar-refractivity contribution in [1.29, 1.82) is 0 Å². The van der Waals surface area contributed by atoms with Crippen LogP contribution in [0.3, 0.4) is 0 Å². The highest BCUT2D eigenvalue weighted by atomic mass is 32.2. The van der Waals surface area contributed by atoms with Gasteiger partial charge in [-0.05, 0) is 24.7 Å². The zero-order valence-corrected chi connectivity index (χ0v) is 11.2. The monoisotopic (exact) mass is 268 g/mol. The molecule has 2 atom stereocenters. The molecule has 0 aromatic carbocycles. The molecule has 98 valence electrons. The third-order valence-electron chi connectivity index (χ3n) is 3.17. The van der Waals surface area contributed by atoms with Gasteiger partial charge in [0.1, 0.15) is 0 Å². The van der Waals surface area contributed by atoms with Crippen molar-refractivity contribution in [2.24, 2.45) is 0 Å². The van der Waals surface area contributed by atoms with Crippen LogP contribution in [0, 0.1) is 5.82 Å². The van der Waals surface area contributed by atoms with E-state index in [1.54, 1.807) is 0 Å². The fourth-order valence-corrected chi connectivity index (χ4v) is 3.51. The molecule has 1 aliphatic rings. The maximum absolute atomic E-state index is 13.4. The van der Waals surface area contributed by atoms with Gasteiger partial charge in [0, 0.05) is 17.5 Å². The lowest BCUT2D eigenvalue weighted by Crippen LogP contribution is -2.39. The lowest BCUT2D eigenvalue weighted by molar-refractivity contribution is 0.0934. The third kappa shape index (κ3) is 3.02. The van der Waals surface area contributed by atoms with Crippen LogP contribution in [0.15, 0.2) is 18.5 Å². The summed E-state index contributed by atoms with van der Waals surface area (Å²) < 4.78 is 13.4. The first kappa shape index (κ1) is 13.3. The van der Waals surface area contributed by atoms with E-state index in [9.17, 15) is 9.18 Å². The summed E-state index contributed by atoms with van der Waals surface area (Å²) in [7, 11) is 0. The van der Waals surface area contributed by atoms with Gasteiger partial charge in [0.2, 0.25) is 0 Å². The molecular weight excluding hydrogens is 251 g/mol. The van der Waals surface area contributed by atoms with Crippen LogP contribution < -0.4 is 5.32 Å². The summed E-state index contributed by atoms with van der Waals surface area (Å²) in [5, 5.41) is 3.41. The first-order valence-electron chi connectivity index (χ1n) is 6.24. The molecule has 3 nitrogen and oxygen atoms in total. The molecule has 1 aromatic rings.